The molecule has 7 nitrogen and oxygen atoms in total. The van der Waals surface area contributed by atoms with E-state index >= 15 is 0 Å². The second kappa shape index (κ2) is 16.9. The van der Waals surface area contributed by atoms with Gasteiger partial charge in [0, 0.05) is 26.3 Å². The molecule has 0 saturated heterocycles. The van der Waals surface area contributed by atoms with Crippen LogP contribution in [0, 0.1) is 4.77 Å². The van der Waals surface area contributed by atoms with Crippen molar-refractivity contribution in [3.63, 3.8) is 0 Å². The number of nitrogens with zero attached hydrogens (tertiary/aromatic N) is 2. The maximum atomic E-state index is 8.75. The van der Waals surface area contributed by atoms with Crippen molar-refractivity contribution >= 4 is 24.1 Å². The Morgan fingerprint density at radius 1 is 0.630 bits per heavy atom. The third kappa shape index (κ3) is 13.5. The van der Waals surface area contributed by atoms with E-state index in [2.05, 4.69) is 25.6 Å². The van der Waals surface area contributed by atoms with Crippen molar-refractivity contribution in [3.8, 4) is 0 Å². The van der Waals surface area contributed by atoms with Gasteiger partial charge >= 0.3 is 0 Å². The van der Waals surface area contributed by atoms with Crippen LogP contribution < -0.4 is 10.6 Å². The minimum atomic E-state index is 0.301. The Balaban J connectivity index is 2.15. The quantitative estimate of drug-likeness (QED) is 0.187. The van der Waals surface area contributed by atoms with Gasteiger partial charge in [0.1, 0.15) is 0 Å². The minimum absolute atomic E-state index is 0.301. The molecule has 0 saturated carbocycles. The molecule has 5 N–H and O–H groups in total. The first-order chi connectivity index (χ1) is 13.3. The summed E-state index contributed by atoms with van der Waals surface area (Å²) < 4.78 is 0.340. The number of aromatic amines is 1. The van der Waals surface area contributed by atoms with E-state index in [1.165, 1.54) is 38.5 Å². The molecule has 0 aliphatic rings. The summed E-state index contributed by atoms with van der Waals surface area (Å²) in [6, 6.07) is 0. The summed E-state index contributed by atoms with van der Waals surface area (Å²) >= 11 is 5.15. The Hall–Kier alpha value is -1.25. The molecule has 1 heterocycles. The molecule has 0 bridgehead atoms. The molecule has 156 valence electrons. The van der Waals surface area contributed by atoms with Gasteiger partial charge in [0.15, 0.2) is 0 Å². The van der Waals surface area contributed by atoms with Crippen molar-refractivity contribution in [2.24, 2.45) is 0 Å². The van der Waals surface area contributed by atoms with E-state index in [4.69, 9.17) is 22.4 Å². The van der Waals surface area contributed by atoms with Gasteiger partial charge in [0.25, 0.3) is 0 Å². The number of aliphatic hydroxyl groups excluding tert-OH is 2. The molecule has 1 aromatic heterocycles. The van der Waals surface area contributed by atoms with Crippen LogP contribution in [-0.2, 0) is 0 Å². The van der Waals surface area contributed by atoms with Crippen molar-refractivity contribution in [1.82, 2.24) is 15.0 Å². The lowest BCUT2D eigenvalue weighted by atomic mass is 10.1. The van der Waals surface area contributed by atoms with Crippen molar-refractivity contribution in [3.05, 3.63) is 4.77 Å². The summed E-state index contributed by atoms with van der Waals surface area (Å²) in [6.07, 6.45) is 13.3. The average Bonchev–Trinajstić information content (AvgIpc) is 2.65. The number of hydrogen-bond acceptors (Lipinski definition) is 7. The fourth-order valence-corrected chi connectivity index (χ4v) is 3.04. The van der Waals surface area contributed by atoms with E-state index in [0.717, 1.165) is 51.6 Å². The van der Waals surface area contributed by atoms with Gasteiger partial charge in [-0.15, -0.1) is 0 Å². The molecular weight excluding hydrogens is 362 g/mol. The largest absolute Gasteiger partial charge is 0.396 e. The highest BCUT2D eigenvalue weighted by Gasteiger charge is 2.00. The maximum absolute atomic E-state index is 8.75. The predicted molar refractivity (Wildman–Crippen MR) is 114 cm³/mol. The van der Waals surface area contributed by atoms with E-state index in [1.807, 2.05) is 0 Å². The summed E-state index contributed by atoms with van der Waals surface area (Å²) in [4.78, 5) is 11.6. The summed E-state index contributed by atoms with van der Waals surface area (Å²) in [6.45, 7) is 2.32. The van der Waals surface area contributed by atoms with Gasteiger partial charge in [0.2, 0.25) is 16.7 Å². The third-order valence-corrected chi connectivity index (χ3v) is 4.59. The summed E-state index contributed by atoms with van der Waals surface area (Å²) in [5.41, 5.74) is 0. The zero-order valence-corrected chi connectivity index (χ0v) is 17.3. The molecule has 0 fully saturated rings. The summed E-state index contributed by atoms with van der Waals surface area (Å²) in [5.74, 6) is 1.34. The number of nitrogens with one attached hydrogen (secondary N) is 3. The normalized spacial score (nSPS) is 10.9. The lowest BCUT2D eigenvalue weighted by Gasteiger charge is -2.09. The van der Waals surface area contributed by atoms with Crippen LogP contribution in [0.15, 0.2) is 0 Å². The van der Waals surface area contributed by atoms with Gasteiger partial charge in [0.05, 0.1) is 0 Å². The van der Waals surface area contributed by atoms with Crippen LogP contribution in [0.1, 0.15) is 77.0 Å². The summed E-state index contributed by atoms with van der Waals surface area (Å²) in [5, 5.41) is 24.1. The van der Waals surface area contributed by atoms with Crippen LogP contribution in [0.3, 0.4) is 0 Å². The summed E-state index contributed by atoms with van der Waals surface area (Å²) in [7, 11) is 0. The van der Waals surface area contributed by atoms with E-state index in [-0.39, 0.29) is 0 Å². The zero-order valence-electron chi connectivity index (χ0n) is 16.5. The third-order valence-electron chi connectivity index (χ3n) is 4.41. The van der Waals surface area contributed by atoms with Gasteiger partial charge in [-0.05, 0) is 37.9 Å². The monoisotopic (exact) mass is 399 g/mol. The topological polar surface area (TPSA) is 106 Å². The van der Waals surface area contributed by atoms with E-state index < -0.39 is 0 Å². The Morgan fingerprint density at radius 2 is 1.00 bits per heavy atom. The highest BCUT2D eigenvalue weighted by Crippen LogP contribution is 2.08. The van der Waals surface area contributed by atoms with Crippen molar-refractivity contribution in [2.45, 2.75) is 77.0 Å². The van der Waals surface area contributed by atoms with Crippen LogP contribution in [0.2, 0.25) is 0 Å². The van der Waals surface area contributed by atoms with Crippen molar-refractivity contribution in [2.75, 3.05) is 36.9 Å². The Labute approximate surface area is 168 Å². The van der Waals surface area contributed by atoms with Gasteiger partial charge in [-0.3, -0.25) is 4.98 Å². The molecule has 0 unspecified atom stereocenters. The second-order valence-corrected chi connectivity index (χ2v) is 7.24. The highest BCUT2D eigenvalue weighted by molar-refractivity contribution is 7.71. The fraction of sp³-hybridized carbons (Fsp3) is 0.842. The molecule has 1 rings (SSSR count). The molecule has 0 aliphatic carbocycles. The Bertz CT molecular complexity index is 486. The lowest BCUT2D eigenvalue weighted by Crippen LogP contribution is -2.11. The van der Waals surface area contributed by atoms with Crippen molar-refractivity contribution < 1.29 is 10.2 Å². The van der Waals surface area contributed by atoms with Crippen LogP contribution in [0.5, 0.6) is 0 Å². The number of H-pyrrole nitrogens is 1. The molecule has 0 amide bonds. The van der Waals surface area contributed by atoms with Gasteiger partial charge in [-0.2, -0.15) is 9.97 Å². The molecule has 0 atom stereocenters. The minimum Gasteiger partial charge on any atom is -0.396 e. The molecule has 8 heteroatoms. The molecule has 0 aromatic carbocycles. The molecule has 0 aliphatic heterocycles. The highest BCUT2D eigenvalue weighted by atomic mass is 32.1. The standard InChI is InChI=1S/C19H37N5O2S/c25-15-11-7-3-1-5-9-13-20-17-22-18(24-19(27)23-17)21-14-10-6-2-4-8-12-16-26/h25-26H,1-16H2,(H3,20,21,22,23,24,27). The average molecular weight is 400 g/mol. The first kappa shape index (κ1) is 23.8. The van der Waals surface area contributed by atoms with Crippen LogP contribution in [0.4, 0.5) is 11.9 Å². The van der Waals surface area contributed by atoms with Gasteiger partial charge in [-0.1, -0.05) is 51.4 Å². The zero-order chi connectivity index (χ0) is 19.6. The predicted octanol–water partition coefficient (Wildman–Crippen LogP) is 4.02. The smallest absolute Gasteiger partial charge is 0.225 e. The number of aromatic nitrogens is 3. The van der Waals surface area contributed by atoms with Crippen LogP contribution >= 0.6 is 12.2 Å². The molecule has 0 radical (unpaired) electrons. The Morgan fingerprint density at radius 3 is 1.41 bits per heavy atom. The number of hydrogen-bond donors (Lipinski definition) is 5. The van der Waals surface area contributed by atoms with E-state index in [0.29, 0.717) is 29.9 Å². The van der Waals surface area contributed by atoms with E-state index in [1.54, 1.807) is 0 Å². The number of unbranched alkanes of at least 4 members (excludes halogenated alkanes) is 10. The first-order valence-electron chi connectivity index (χ1n) is 10.4. The lowest BCUT2D eigenvalue weighted by molar-refractivity contribution is 0.282. The van der Waals surface area contributed by atoms with Gasteiger partial charge < -0.3 is 20.8 Å². The SMILES string of the molecule is OCCCCCCCCNc1nc(=S)nc(NCCCCCCCCO)[nH]1. The number of rotatable bonds is 18. The Kier molecular flexibility index (Phi) is 14.9. The van der Waals surface area contributed by atoms with Gasteiger partial charge in [-0.25, -0.2) is 0 Å². The number of aliphatic hydroxyl groups is 2. The maximum Gasteiger partial charge on any atom is 0.225 e. The van der Waals surface area contributed by atoms with Crippen LogP contribution in [-0.4, -0.2) is 51.5 Å². The molecule has 1 aromatic rings. The molecular formula is C19H37N5O2S. The first-order valence-corrected chi connectivity index (χ1v) is 10.8. The van der Waals surface area contributed by atoms with E-state index in [9.17, 15) is 0 Å². The van der Waals surface area contributed by atoms with Crippen LogP contribution in [0.25, 0.3) is 0 Å². The fourth-order valence-electron chi connectivity index (χ4n) is 2.85. The number of anilines is 2. The molecule has 0 spiro atoms. The van der Waals surface area contributed by atoms with Crippen molar-refractivity contribution in [1.29, 1.82) is 0 Å². The second-order valence-electron chi connectivity index (χ2n) is 6.87. The molecule has 27 heavy (non-hydrogen) atoms.